The number of rotatable bonds is 5. The van der Waals surface area contributed by atoms with Gasteiger partial charge in [-0.1, -0.05) is 72.8 Å². The largest absolute Gasteiger partial charge is 0.294 e. The molecule has 1 aliphatic rings. The standard InChI is InChI=1S/C23H21NO/c1-3-15-23(24-16(2)17-9-5-4-6-10-17)20-14-8-12-18-11-7-13-19(21(18)20)22(23)25/h3-14,16,24H,1,15H2,2H3/t16-,23+/m0/s1. The van der Waals surface area contributed by atoms with Gasteiger partial charge in [0.1, 0.15) is 5.54 Å². The second-order valence-electron chi connectivity index (χ2n) is 6.71. The van der Waals surface area contributed by atoms with Crippen molar-refractivity contribution in [1.29, 1.82) is 0 Å². The van der Waals surface area contributed by atoms with Crippen molar-refractivity contribution in [3.8, 4) is 0 Å². The molecule has 3 aromatic carbocycles. The summed E-state index contributed by atoms with van der Waals surface area (Å²) < 4.78 is 0. The Morgan fingerprint density at radius 2 is 1.76 bits per heavy atom. The molecule has 0 fully saturated rings. The fraction of sp³-hybridized carbons (Fsp3) is 0.174. The lowest BCUT2D eigenvalue weighted by Gasteiger charge is -2.33. The Bertz CT molecular complexity index is 955. The first-order valence-electron chi connectivity index (χ1n) is 8.68. The highest BCUT2D eigenvalue weighted by molar-refractivity contribution is 6.20. The molecule has 0 aliphatic heterocycles. The molecular formula is C23H21NO. The first-order valence-corrected chi connectivity index (χ1v) is 8.68. The summed E-state index contributed by atoms with van der Waals surface area (Å²) >= 11 is 0. The third-order valence-electron chi connectivity index (χ3n) is 5.21. The van der Waals surface area contributed by atoms with Crippen LogP contribution in [0.5, 0.6) is 0 Å². The van der Waals surface area contributed by atoms with Crippen LogP contribution in [0.15, 0.2) is 79.4 Å². The van der Waals surface area contributed by atoms with E-state index in [0.29, 0.717) is 6.42 Å². The van der Waals surface area contributed by atoms with E-state index < -0.39 is 5.54 Å². The van der Waals surface area contributed by atoms with Crippen LogP contribution in [-0.4, -0.2) is 5.78 Å². The summed E-state index contributed by atoms with van der Waals surface area (Å²) in [5.74, 6) is 0.141. The molecule has 0 bridgehead atoms. The summed E-state index contributed by atoms with van der Waals surface area (Å²) in [6.45, 7) is 6.03. The minimum absolute atomic E-state index is 0.0506. The van der Waals surface area contributed by atoms with E-state index in [1.54, 1.807) is 0 Å². The third kappa shape index (κ3) is 2.33. The molecule has 3 aromatic rings. The molecule has 2 atom stereocenters. The van der Waals surface area contributed by atoms with Gasteiger partial charge in [0, 0.05) is 11.6 Å². The summed E-state index contributed by atoms with van der Waals surface area (Å²) in [6, 6.07) is 22.4. The van der Waals surface area contributed by atoms with Crippen LogP contribution in [-0.2, 0) is 5.54 Å². The zero-order valence-corrected chi connectivity index (χ0v) is 14.3. The van der Waals surface area contributed by atoms with Crippen LogP contribution < -0.4 is 5.32 Å². The molecular weight excluding hydrogens is 306 g/mol. The van der Waals surface area contributed by atoms with Gasteiger partial charge < -0.3 is 0 Å². The molecule has 0 radical (unpaired) electrons. The van der Waals surface area contributed by atoms with Gasteiger partial charge in [-0.3, -0.25) is 10.1 Å². The highest BCUT2D eigenvalue weighted by Gasteiger charge is 2.47. The molecule has 0 saturated heterocycles. The monoisotopic (exact) mass is 327 g/mol. The number of hydrogen-bond acceptors (Lipinski definition) is 2. The van der Waals surface area contributed by atoms with Crippen molar-refractivity contribution in [3.05, 3.63) is 96.1 Å². The molecule has 4 rings (SSSR count). The molecule has 0 saturated carbocycles. The van der Waals surface area contributed by atoms with Gasteiger partial charge in [0.05, 0.1) is 0 Å². The van der Waals surface area contributed by atoms with Gasteiger partial charge in [0.25, 0.3) is 0 Å². The topological polar surface area (TPSA) is 29.1 Å². The van der Waals surface area contributed by atoms with E-state index in [2.05, 4.69) is 49.2 Å². The highest BCUT2D eigenvalue weighted by Crippen LogP contribution is 2.44. The van der Waals surface area contributed by atoms with Crippen LogP contribution in [0.4, 0.5) is 0 Å². The van der Waals surface area contributed by atoms with Gasteiger partial charge in [-0.25, -0.2) is 0 Å². The molecule has 25 heavy (non-hydrogen) atoms. The lowest BCUT2D eigenvalue weighted by molar-refractivity contribution is 0.0849. The van der Waals surface area contributed by atoms with Crippen molar-refractivity contribution in [2.75, 3.05) is 0 Å². The molecule has 124 valence electrons. The smallest absolute Gasteiger partial charge is 0.188 e. The summed E-state index contributed by atoms with van der Waals surface area (Å²) in [4.78, 5) is 13.4. The Morgan fingerprint density at radius 1 is 1.04 bits per heavy atom. The quantitative estimate of drug-likeness (QED) is 0.656. The number of carbonyl (C=O) groups excluding carboxylic acids is 1. The molecule has 1 N–H and O–H groups in total. The Morgan fingerprint density at radius 3 is 2.48 bits per heavy atom. The Labute approximate surface area is 148 Å². The lowest BCUT2D eigenvalue weighted by atomic mass is 9.84. The average Bonchev–Trinajstić information content (AvgIpc) is 2.88. The van der Waals surface area contributed by atoms with E-state index in [9.17, 15) is 4.79 Å². The molecule has 1 aliphatic carbocycles. The third-order valence-corrected chi connectivity index (χ3v) is 5.21. The number of nitrogens with one attached hydrogen (secondary N) is 1. The van der Waals surface area contributed by atoms with Crippen molar-refractivity contribution >= 4 is 16.6 Å². The van der Waals surface area contributed by atoms with Gasteiger partial charge in [0.2, 0.25) is 0 Å². The number of Topliss-reactive ketones (excluding diaryl/α,β-unsaturated/α-hetero) is 1. The molecule has 2 heteroatoms. The van der Waals surface area contributed by atoms with E-state index in [-0.39, 0.29) is 11.8 Å². The average molecular weight is 327 g/mol. The minimum atomic E-state index is -0.750. The maximum atomic E-state index is 13.4. The predicted octanol–water partition coefficient (Wildman–Crippen LogP) is 5.16. The number of benzene rings is 3. The first-order chi connectivity index (χ1) is 12.2. The van der Waals surface area contributed by atoms with Crippen molar-refractivity contribution < 1.29 is 4.79 Å². The summed E-state index contributed by atoms with van der Waals surface area (Å²) in [5.41, 5.74) is 2.29. The van der Waals surface area contributed by atoms with Crippen LogP contribution in [0.1, 0.15) is 40.9 Å². The highest BCUT2D eigenvalue weighted by atomic mass is 16.1. The normalized spacial score (nSPS) is 20.0. The van der Waals surface area contributed by atoms with Crippen LogP contribution in [0, 0.1) is 0 Å². The van der Waals surface area contributed by atoms with E-state index in [1.807, 2.05) is 42.5 Å². The maximum Gasteiger partial charge on any atom is 0.188 e. The van der Waals surface area contributed by atoms with Gasteiger partial charge in [0.15, 0.2) is 5.78 Å². The molecule has 0 unspecified atom stereocenters. The fourth-order valence-electron chi connectivity index (χ4n) is 4.05. The van der Waals surface area contributed by atoms with Gasteiger partial charge in [-0.05, 0) is 35.2 Å². The van der Waals surface area contributed by atoms with E-state index in [0.717, 1.165) is 21.9 Å². The second kappa shape index (κ2) is 5.98. The Hall–Kier alpha value is -2.71. The van der Waals surface area contributed by atoms with Crippen LogP contribution >= 0.6 is 0 Å². The Kier molecular flexibility index (Phi) is 3.78. The lowest BCUT2D eigenvalue weighted by Crippen LogP contribution is -2.47. The van der Waals surface area contributed by atoms with Gasteiger partial charge in [-0.15, -0.1) is 6.58 Å². The van der Waals surface area contributed by atoms with Crippen LogP contribution in [0.25, 0.3) is 10.8 Å². The van der Waals surface area contributed by atoms with Crippen molar-refractivity contribution in [3.63, 3.8) is 0 Å². The fourth-order valence-corrected chi connectivity index (χ4v) is 4.05. The summed E-state index contributed by atoms with van der Waals surface area (Å²) in [6.07, 6.45) is 2.41. The second-order valence-corrected chi connectivity index (χ2v) is 6.71. The van der Waals surface area contributed by atoms with E-state index in [4.69, 9.17) is 0 Å². The first kappa shape index (κ1) is 15.8. The number of carbonyl (C=O) groups is 1. The molecule has 0 spiro atoms. The molecule has 2 nitrogen and oxygen atoms in total. The van der Waals surface area contributed by atoms with Gasteiger partial charge in [-0.2, -0.15) is 0 Å². The van der Waals surface area contributed by atoms with Crippen LogP contribution in [0.3, 0.4) is 0 Å². The molecule has 0 amide bonds. The SMILES string of the molecule is C=CC[C@]1(N[C@@H](C)c2ccccc2)C(=O)c2cccc3cccc1c23. The van der Waals surface area contributed by atoms with Crippen molar-refractivity contribution in [2.45, 2.75) is 24.9 Å². The molecule has 0 heterocycles. The van der Waals surface area contributed by atoms with Crippen molar-refractivity contribution in [1.82, 2.24) is 5.32 Å². The zero-order valence-electron chi connectivity index (χ0n) is 14.3. The Balaban J connectivity index is 1.86. The number of hydrogen-bond donors (Lipinski definition) is 1. The van der Waals surface area contributed by atoms with E-state index in [1.165, 1.54) is 5.56 Å². The van der Waals surface area contributed by atoms with Crippen LogP contribution in [0.2, 0.25) is 0 Å². The maximum absolute atomic E-state index is 13.4. The zero-order chi connectivity index (χ0) is 17.4. The minimum Gasteiger partial charge on any atom is -0.294 e. The summed E-state index contributed by atoms with van der Waals surface area (Å²) in [7, 11) is 0. The molecule has 0 aromatic heterocycles. The van der Waals surface area contributed by atoms with Crippen molar-refractivity contribution in [2.24, 2.45) is 0 Å². The van der Waals surface area contributed by atoms with E-state index >= 15 is 0 Å². The predicted molar refractivity (Wildman–Crippen MR) is 103 cm³/mol. The van der Waals surface area contributed by atoms with Gasteiger partial charge >= 0.3 is 0 Å². The number of ketones is 1. The summed E-state index contributed by atoms with van der Waals surface area (Å²) in [5, 5.41) is 5.83.